The van der Waals surface area contributed by atoms with E-state index in [-0.39, 0.29) is 11.9 Å². The molecule has 1 atom stereocenters. The Hall–Kier alpha value is -3.06. The van der Waals surface area contributed by atoms with Crippen LogP contribution in [-0.4, -0.2) is 59.4 Å². The molecule has 34 heavy (non-hydrogen) atoms. The van der Waals surface area contributed by atoms with Crippen molar-refractivity contribution in [3.63, 3.8) is 0 Å². The van der Waals surface area contributed by atoms with E-state index in [4.69, 9.17) is 22.3 Å². The molecule has 0 radical (unpaired) electrons. The van der Waals surface area contributed by atoms with Gasteiger partial charge in [0.25, 0.3) is 0 Å². The van der Waals surface area contributed by atoms with Crippen LogP contribution in [0.15, 0.2) is 60.0 Å². The SMILES string of the molecule is C=C(/N=C(\C=C(/N)c1ccc(C)c(F)c1)N1CCN(c2ncccc2Cl)C[C@H]1C)N1CCCC1. The van der Waals surface area contributed by atoms with Gasteiger partial charge in [-0.05, 0) is 50.5 Å². The first kappa shape index (κ1) is 24.1. The van der Waals surface area contributed by atoms with Crippen LogP contribution in [-0.2, 0) is 0 Å². The Bertz CT molecular complexity index is 1110. The highest BCUT2D eigenvalue weighted by atomic mass is 35.5. The van der Waals surface area contributed by atoms with Gasteiger partial charge in [0, 0.05) is 62.3 Å². The van der Waals surface area contributed by atoms with E-state index in [1.54, 1.807) is 19.2 Å². The number of benzene rings is 1. The third kappa shape index (κ3) is 5.36. The second-order valence-electron chi connectivity index (χ2n) is 8.94. The van der Waals surface area contributed by atoms with Crippen LogP contribution in [0.5, 0.6) is 0 Å². The van der Waals surface area contributed by atoms with Crippen molar-refractivity contribution in [1.82, 2.24) is 14.8 Å². The first-order valence-electron chi connectivity index (χ1n) is 11.7. The molecule has 2 aromatic rings. The molecule has 2 fully saturated rings. The number of aliphatic imine (C=N–C) groups is 1. The second kappa shape index (κ2) is 10.5. The molecule has 180 valence electrons. The fraction of sp³-hybridized carbons (Fsp3) is 0.385. The fourth-order valence-electron chi connectivity index (χ4n) is 4.45. The van der Waals surface area contributed by atoms with Crippen molar-refractivity contribution in [2.75, 3.05) is 37.6 Å². The molecule has 0 aliphatic carbocycles. The molecule has 0 spiro atoms. The average Bonchev–Trinajstić information content (AvgIpc) is 3.36. The summed E-state index contributed by atoms with van der Waals surface area (Å²) in [5.74, 6) is 1.98. The van der Waals surface area contributed by atoms with Gasteiger partial charge >= 0.3 is 0 Å². The Labute approximate surface area is 206 Å². The Balaban J connectivity index is 1.62. The zero-order valence-corrected chi connectivity index (χ0v) is 20.6. The van der Waals surface area contributed by atoms with E-state index in [1.807, 2.05) is 24.3 Å². The molecule has 6 nitrogen and oxygen atoms in total. The number of hydrogen-bond acceptors (Lipinski definition) is 5. The minimum absolute atomic E-state index is 0.121. The lowest BCUT2D eigenvalue weighted by Gasteiger charge is -2.42. The lowest BCUT2D eigenvalue weighted by Crippen LogP contribution is -2.54. The van der Waals surface area contributed by atoms with E-state index in [0.29, 0.717) is 28.4 Å². The predicted molar refractivity (Wildman–Crippen MR) is 138 cm³/mol. The quantitative estimate of drug-likeness (QED) is 0.496. The summed E-state index contributed by atoms with van der Waals surface area (Å²) in [5, 5.41) is 0.644. The summed E-state index contributed by atoms with van der Waals surface area (Å²) in [6.07, 6.45) is 5.88. The topological polar surface area (TPSA) is 61.0 Å². The molecule has 0 bridgehead atoms. The van der Waals surface area contributed by atoms with E-state index in [2.05, 4.69) is 33.2 Å². The molecular formula is C26H32ClFN6. The highest BCUT2D eigenvalue weighted by molar-refractivity contribution is 6.32. The van der Waals surface area contributed by atoms with Gasteiger partial charge in [-0.3, -0.25) is 0 Å². The van der Waals surface area contributed by atoms with Crippen molar-refractivity contribution in [3.8, 4) is 0 Å². The maximum Gasteiger partial charge on any atom is 0.147 e. The van der Waals surface area contributed by atoms with Crippen LogP contribution < -0.4 is 10.6 Å². The van der Waals surface area contributed by atoms with Crippen LogP contribution in [0, 0.1) is 12.7 Å². The number of hydrogen-bond donors (Lipinski definition) is 1. The number of likely N-dealkylation sites (tertiary alicyclic amines) is 1. The number of nitrogens with two attached hydrogens (primary N) is 1. The van der Waals surface area contributed by atoms with Crippen molar-refractivity contribution in [2.45, 2.75) is 32.7 Å². The number of rotatable bonds is 5. The number of nitrogens with zero attached hydrogens (tertiary/aromatic N) is 5. The number of aryl methyl sites for hydroxylation is 1. The molecule has 0 saturated carbocycles. The van der Waals surface area contributed by atoms with Gasteiger partial charge in [0.2, 0.25) is 0 Å². The predicted octanol–water partition coefficient (Wildman–Crippen LogP) is 4.66. The van der Waals surface area contributed by atoms with Gasteiger partial charge in [0.1, 0.15) is 23.3 Å². The number of aromatic nitrogens is 1. The summed E-state index contributed by atoms with van der Waals surface area (Å²) in [6, 6.07) is 8.86. The van der Waals surface area contributed by atoms with E-state index in [9.17, 15) is 4.39 Å². The van der Waals surface area contributed by atoms with Crippen LogP contribution in [0.4, 0.5) is 10.2 Å². The zero-order chi connectivity index (χ0) is 24.2. The molecule has 3 heterocycles. The van der Waals surface area contributed by atoms with Crippen LogP contribution in [0.3, 0.4) is 0 Å². The zero-order valence-electron chi connectivity index (χ0n) is 19.8. The summed E-state index contributed by atoms with van der Waals surface area (Å²) in [5.41, 5.74) is 8.13. The molecular weight excluding hydrogens is 451 g/mol. The van der Waals surface area contributed by atoms with Gasteiger partial charge in [-0.15, -0.1) is 0 Å². The molecule has 0 unspecified atom stereocenters. The van der Waals surface area contributed by atoms with Crippen molar-refractivity contribution in [1.29, 1.82) is 0 Å². The maximum absolute atomic E-state index is 14.2. The molecule has 1 aromatic carbocycles. The van der Waals surface area contributed by atoms with Gasteiger partial charge in [-0.1, -0.05) is 30.3 Å². The Morgan fingerprint density at radius 3 is 2.68 bits per heavy atom. The first-order valence-corrected chi connectivity index (χ1v) is 12.1. The fourth-order valence-corrected chi connectivity index (χ4v) is 4.69. The standard InChI is InChI=1S/C26H32ClFN6/c1-18-8-9-21(15-23(18)28)24(29)16-25(31-20(3)32-11-4-5-12-32)34-14-13-33(17-19(34)2)26-22(27)7-6-10-30-26/h6-10,15-16,19H,3-5,11-14,17,29H2,1-2H3/b24-16-,31-25+/t19-/m1/s1. The van der Waals surface area contributed by atoms with Gasteiger partial charge in [-0.2, -0.15) is 0 Å². The molecule has 0 amide bonds. The maximum atomic E-state index is 14.2. The molecule has 1 aromatic heterocycles. The van der Waals surface area contributed by atoms with E-state index in [0.717, 1.165) is 56.5 Å². The minimum Gasteiger partial charge on any atom is -0.398 e. The number of amidine groups is 1. The highest BCUT2D eigenvalue weighted by Gasteiger charge is 2.28. The smallest absolute Gasteiger partial charge is 0.147 e. The Morgan fingerprint density at radius 1 is 1.24 bits per heavy atom. The summed E-state index contributed by atoms with van der Waals surface area (Å²) in [7, 11) is 0. The van der Waals surface area contributed by atoms with Crippen molar-refractivity contribution in [3.05, 3.63) is 77.0 Å². The summed E-state index contributed by atoms with van der Waals surface area (Å²) in [4.78, 5) is 16.0. The van der Waals surface area contributed by atoms with Crippen LogP contribution in [0.2, 0.25) is 5.02 Å². The van der Waals surface area contributed by atoms with Gasteiger partial charge < -0.3 is 20.4 Å². The lowest BCUT2D eigenvalue weighted by atomic mass is 10.1. The van der Waals surface area contributed by atoms with Gasteiger partial charge in [0.05, 0.1) is 5.02 Å². The Kier molecular flexibility index (Phi) is 7.41. The van der Waals surface area contributed by atoms with Crippen molar-refractivity contribution in [2.24, 2.45) is 10.7 Å². The summed E-state index contributed by atoms with van der Waals surface area (Å²) < 4.78 is 14.2. The second-order valence-corrected chi connectivity index (χ2v) is 9.35. The Morgan fingerprint density at radius 2 is 2.00 bits per heavy atom. The number of pyridine rings is 1. The molecule has 2 N–H and O–H groups in total. The van der Waals surface area contributed by atoms with Crippen molar-refractivity contribution >= 4 is 29.0 Å². The monoisotopic (exact) mass is 482 g/mol. The summed E-state index contributed by atoms with van der Waals surface area (Å²) in [6.45, 7) is 12.2. The molecule has 8 heteroatoms. The van der Waals surface area contributed by atoms with Crippen LogP contribution >= 0.6 is 11.6 Å². The van der Waals surface area contributed by atoms with Gasteiger partial charge in [0.15, 0.2) is 0 Å². The average molecular weight is 483 g/mol. The summed E-state index contributed by atoms with van der Waals surface area (Å²) >= 11 is 6.39. The number of piperazine rings is 1. The molecule has 2 saturated heterocycles. The lowest BCUT2D eigenvalue weighted by molar-refractivity contribution is 0.297. The largest absolute Gasteiger partial charge is 0.398 e. The first-order chi connectivity index (χ1) is 16.3. The van der Waals surface area contributed by atoms with E-state index >= 15 is 0 Å². The van der Waals surface area contributed by atoms with Gasteiger partial charge in [-0.25, -0.2) is 14.4 Å². The number of anilines is 1. The third-order valence-electron chi connectivity index (χ3n) is 6.46. The molecule has 2 aliphatic rings. The van der Waals surface area contributed by atoms with Crippen molar-refractivity contribution < 1.29 is 4.39 Å². The minimum atomic E-state index is -0.275. The third-order valence-corrected chi connectivity index (χ3v) is 6.76. The molecule has 4 rings (SSSR count). The van der Waals surface area contributed by atoms with E-state index < -0.39 is 0 Å². The molecule has 2 aliphatic heterocycles. The van der Waals surface area contributed by atoms with Crippen LogP contribution in [0.1, 0.15) is 30.9 Å². The van der Waals surface area contributed by atoms with Crippen LogP contribution in [0.25, 0.3) is 5.70 Å². The highest BCUT2D eigenvalue weighted by Crippen LogP contribution is 2.26. The normalized spacial score (nSPS) is 19.6. The van der Waals surface area contributed by atoms with E-state index in [1.165, 1.54) is 6.07 Å². The number of halogens is 2.